The van der Waals surface area contributed by atoms with Crippen LogP contribution in [0.1, 0.15) is 6.92 Å². The molecule has 15 heavy (non-hydrogen) atoms. The third kappa shape index (κ3) is 1.88. The van der Waals surface area contributed by atoms with Gasteiger partial charge in [0.15, 0.2) is 0 Å². The Morgan fingerprint density at radius 3 is 3.00 bits per heavy atom. The number of halogens is 1. The molecule has 0 bridgehead atoms. The van der Waals surface area contributed by atoms with Crippen molar-refractivity contribution >= 4 is 23.5 Å². The van der Waals surface area contributed by atoms with Crippen LogP contribution in [0.3, 0.4) is 0 Å². The molecule has 0 aromatic rings. The second-order valence-electron chi connectivity index (χ2n) is 3.93. The Kier molecular flexibility index (Phi) is 2.73. The molecule has 2 saturated heterocycles. The first-order valence-electron chi connectivity index (χ1n) is 5.07. The second kappa shape index (κ2) is 3.89. The van der Waals surface area contributed by atoms with Crippen LogP contribution in [0.5, 0.6) is 0 Å². The molecule has 0 spiro atoms. The van der Waals surface area contributed by atoms with Gasteiger partial charge in [-0.15, -0.1) is 11.6 Å². The molecule has 0 saturated carbocycles. The SMILES string of the molecule is CC(Cl)C(=O)N1CCN2C(=O)NCC2C1. The molecule has 0 aliphatic carbocycles. The molecule has 84 valence electrons. The van der Waals surface area contributed by atoms with Crippen molar-refractivity contribution in [3.05, 3.63) is 0 Å². The van der Waals surface area contributed by atoms with Crippen molar-refractivity contribution in [2.45, 2.75) is 18.3 Å². The maximum Gasteiger partial charge on any atom is 0.317 e. The molecule has 0 aromatic heterocycles. The summed E-state index contributed by atoms with van der Waals surface area (Å²) in [5, 5.41) is 2.28. The summed E-state index contributed by atoms with van der Waals surface area (Å²) in [6.45, 7) is 4.08. The van der Waals surface area contributed by atoms with Crippen LogP contribution in [0.25, 0.3) is 0 Å². The molecule has 2 unspecified atom stereocenters. The van der Waals surface area contributed by atoms with Crippen molar-refractivity contribution in [3.63, 3.8) is 0 Å². The van der Waals surface area contributed by atoms with E-state index in [1.165, 1.54) is 0 Å². The molecule has 2 heterocycles. The maximum absolute atomic E-state index is 11.6. The van der Waals surface area contributed by atoms with Crippen LogP contribution in [0.15, 0.2) is 0 Å². The Morgan fingerprint density at radius 2 is 2.33 bits per heavy atom. The normalized spacial score (nSPS) is 27.3. The average Bonchev–Trinajstić information content (AvgIpc) is 2.59. The summed E-state index contributed by atoms with van der Waals surface area (Å²) in [5.41, 5.74) is 0. The molecule has 0 radical (unpaired) electrons. The lowest BCUT2D eigenvalue weighted by Crippen LogP contribution is -2.54. The van der Waals surface area contributed by atoms with Gasteiger partial charge in [0.05, 0.1) is 6.04 Å². The summed E-state index contributed by atoms with van der Waals surface area (Å²) >= 11 is 5.75. The van der Waals surface area contributed by atoms with E-state index in [0.29, 0.717) is 26.2 Å². The number of hydrogen-bond acceptors (Lipinski definition) is 2. The Balaban J connectivity index is 1.99. The number of carbonyl (C=O) groups excluding carboxylic acids is 2. The van der Waals surface area contributed by atoms with Gasteiger partial charge in [-0.1, -0.05) is 0 Å². The standard InChI is InChI=1S/C9H14ClN3O2/c1-6(10)8(14)12-2-3-13-7(5-12)4-11-9(13)15/h6-7H,2-5H2,1H3,(H,11,15). The van der Waals surface area contributed by atoms with Gasteiger partial charge in [0, 0.05) is 26.2 Å². The minimum absolute atomic E-state index is 0.0222. The molecular weight excluding hydrogens is 218 g/mol. The van der Waals surface area contributed by atoms with Crippen LogP contribution in [-0.4, -0.2) is 59.3 Å². The molecular formula is C9H14ClN3O2. The fourth-order valence-electron chi connectivity index (χ4n) is 2.06. The van der Waals surface area contributed by atoms with Gasteiger partial charge in [-0.3, -0.25) is 4.79 Å². The zero-order valence-electron chi connectivity index (χ0n) is 8.57. The molecule has 2 aliphatic heterocycles. The molecule has 2 atom stereocenters. The zero-order chi connectivity index (χ0) is 11.0. The quantitative estimate of drug-likeness (QED) is 0.639. The average molecular weight is 232 g/mol. The third-order valence-electron chi connectivity index (χ3n) is 2.88. The minimum Gasteiger partial charge on any atom is -0.338 e. The third-order valence-corrected chi connectivity index (χ3v) is 3.07. The van der Waals surface area contributed by atoms with E-state index < -0.39 is 5.38 Å². The minimum atomic E-state index is -0.485. The van der Waals surface area contributed by atoms with Gasteiger partial charge < -0.3 is 15.1 Å². The Morgan fingerprint density at radius 1 is 1.60 bits per heavy atom. The van der Waals surface area contributed by atoms with E-state index in [1.54, 1.807) is 16.7 Å². The summed E-state index contributed by atoms with van der Waals surface area (Å²) < 4.78 is 0. The van der Waals surface area contributed by atoms with Crippen molar-refractivity contribution in [1.82, 2.24) is 15.1 Å². The molecule has 0 aromatic carbocycles. The molecule has 6 heteroatoms. The van der Waals surface area contributed by atoms with Crippen molar-refractivity contribution in [2.75, 3.05) is 26.2 Å². The van der Waals surface area contributed by atoms with Crippen LogP contribution in [0, 0.1) is 0 Å². The molecule has 2 fully saturated rings. The first kappa shape index (κ1) is 10.5. The highest BCUT2D eigenvalue weighted by molar-refractivity contribution is 6.30. The number of fused-ring (bicyclic) bond motifs is 1. The number of nitrogens with zero attached hydrogens (tertiary/aromatic N) is 2. The van der Waals surface area contributed by atoms with Crippen LogP contribution < -0.4 is 5.32 Å². The highest BCUT2D eigenvalue weighted by Crippen LogP contribution is 2.15. The Labute approximate surface area is 93.3 Å². The number of rotatable bonds is 1. The number of nitrogens with one attached hydrogen (secondary N) is 1. The van der Waals surface area contributed by atoms with Gasteiger partial charge in [-0.2, -0.15) is 0 Å². The highest BCUT2D eigenvalue weighted by atomic mass is 35.5. The van der Waals surface area contributed by atoms with Crippen LogP contribution in [0.2, 0.25) is 0 Å². The Hall–Kier alpha value is -0.970. The number of amides is 3. The fraction of sp³-hybridized carbons (Fsp3) is 0.778. The highest BCUT2D eigenvalue weighted by Gasteiger charge is 2.37. The van der Waals surface area contributed by atoms with E-state index in [0.717, 1.165) is 0 Å². The molecule has 2 rings (SSSR count). The van der Waals surface area contributed by atoms with Gasteiger partial charge in [0.2, 0.25) is 5.91 Å². The van der Waals surface area contributed by atoms with Crippen molar-refractivity contribution < 1.29 is 9.59 Å². The molecule has 2 aliphatic rings. The van der Waals surface area contributed by atoms with Crippen molar-refractivity contribution in [3.8, 4) is 0 Å². The summed E-state index contributed by atoms with van der Waals surface area (Å²) in [6, 6.07) is 0.0941. The van der Waals surface area contributed by atoms with Crippen molar-refractivity contribution in [1.29, 1.82) is 0 Å². The second-order valence-corrected chi connectivity index (χ2v) is 4.59. The van der Waals surface area contributed by atoms with Gasteiger partial charge in [0.1, 0.15) is 5.38 Å². The van der Waals surface area contributed by atoms with Gasteiger partial charge >= 0.3 is 6.03 Å². The topological polar surface area (TPSA) is 52.7 Å². The fourth-order valence-corrected chi connectivity index (χ4v) is 2.19. The van der Waals surface area contributed by atoms with E-state index in [1.807, 2.05) is 0 Å². The number of carbonyl (C=O) groups is 2. The molecule has 5 nitrogen and oxygen atoms in total. The maximum atomic E-state index is 11.6. The van der Waals surface area contributed by atoms with E-state index in [2.05, 4.69) is 5.32 Å². The van der Waals surface area contributed by atoms with E-state index >= 15 is 0 Å². The van der Waals surface area contributed by atoms with E-state index in [9.17, 15) is 9.59 Å². The number of alkyl halides is 1. The first-order chi connectivity index (χ1) is 7.09. The lowest BCUT2D eigenvalue weighted by atomic mass is 10.2. The summed E-state index contributed by atoms with van der Waals surface area (Å²) in [5.74, 6) is -0.0457. The lowest BCUT2D eigenvalue weighted by molar-refractivity contribution is -0.132. The summed E-state index contributed by atoms with van der Waals surface area (Å²) in [4.78, 5) is 26.5. The van der Waals surface area contributed by atoms with Crippen LogP contribution in [-0.2, 0) is 4.79 Å². The predicted octanol–water partition coefficient (Wildman–Crippen LogP) is -0.150. The summed E-state index contributed by atoms with van der Waals surface area (Å²) in [6.07, 6.45) is 0. The first-order valence-corrected chi connectivity index (χ1v) is 5.50. The zero-order valence-corrected chi connectivity index (χ0v) is 9.33. The van der Waals surface area contributed by atoms with Crippen LogP contribution in [0.4, 0.5) is 4.79 Å². The largest absolute Gasteiger partial charge is 0.338 e. The van der Waals surface area contributed by atoms with Gasteiger partial charge in [-0.25, -0.2) is 4.79 Å². The monoisotopic (exact) mass is 231 g/mol. The molecule has 3 amide bonds. The Bertz CT molecular complexity index is 295. The smallest absolute Gasteiger partial charge is 0.317 e. The number of hydrogen-bond donors (Lipinski definition) is 1. The van der Waals surface area contributed by atoms with Gasteiger partial charge in [-0.05, 0) is 6.92 Å². The number of urea groups is 1. The summed E-state index contributed by atoms with van der Waals surface area (Å²) in [7, 11) is 0. The van der Waals surface area contributed by atoms with E-state index in [4.69, 9.17) is 11.6 Å². The lowest BCUT2D eigenvalue weighted by Gasteiger charge is -2.36. The number of piperazine rings is 1. The van der Waals surface area contributed by atoms with Crippen molar-refractivity contribution in [2.24, 2.45) is 0 Å². The van der Waals surface area contributed by atoms with Crippen LogP contribution >= 0.6 is 11.6 Å². The van der Waals surface area contributed by atoms with E-state index in [-0.39, 0.29) is 18.0 Å². The predicted molar refractivity (Wildman–Crippen MR) is 55.8 cm³/mol. The molecule has 1 N–H and O–H groups in total. The van der Waals surface area contributed by atoms with Gasteiger partial charge in [0.25, 0.3) is 0 Å².